The number of benzene rings is 1. The molecule has 2 aromatic rings. The van der Waals surface area contributed by atoms with Crippen molar-refractivity contribution in [2.45, 2.75) is 12.5 Å². The van der Waals surface area contributed by atoms with E-state index < -0.39 is 0 Å². The Bertz CT molecular complexity index is 476. The van der Waals surface area contributed by atoms with E-state index in [2.05, 4.69) is 10.4 Å². The van der Waals surface area contributed by atoms with Crippen molar-refractivity contribution in [3.63, 3.8) is 0 Å². The van der Waals surface area contributed by atoms with Crippen molar-refractivity contribution < 1.29 is 4.39 Å². The Hall–Kier alpha value is -1.68. The van der Waals surface area contributed by atoms with E-state index in [4.69, 9.17) is 0 Å². The van der Waals surface area contributed by atoms with Gasteiger partial charge in [0.15, 0.2) is 0 Å². The second-order valence-electron chi connectivity index (χ2n) is 4.12. The van der Waals surface area contributed by atoms with Crippen LogP contribution in [0.5, 0.6) is 0 Å². The number of aromatic nitrogens is 2. The Morgan fingerprint density at radius 3 is 2.59 bits per heavy atom. The van der Waals surface area contributed by atoms with Crippen LogP contribution >= 0.6 is 0 Å². The molecule has 0 saturated carbocycles. The Labute approximate surface area is 100 Å². The van der Waals surface area contributed by atoms with Gasteiger partial charge in [0.05, 0.1) is 6.20 Å². The lowest BCUT2D eigenvalue weighted by atomic mass is 10.0. The fraction of sp³-hybridized carbons (Fsp3) is 0.308. The summed E-state index contributed by atoms with van der Waals surface area (Å²) in [6.07, 6.45) is 4.69. The van der Waals surface area contributed by atoms with Gasteiger partial charge in [-0.1, -0.05) is 12.1 Å². The molecular weight excluding hydrogens is 217 g/mol. The van der Waals surface area contributed by atoms with Gasteiger partial charge in [-0.2, -0.15) is 5.10 Å². The SMILES string of the molecule is CNC(Cc1cnn(C)c1)c1ccc(F)cc1. The molecule has 0 radical (unpaired) electrons. The van der Waals surface area contributed by atoms with Crippen LogP contribution in [0.2, 0.25) is 0 Å². The van der Waals surface area contributed by atoms with Crippen LogP contribution in [0.15, 0.2) is 36.7 Å². The fourth-order valence-corrected chi connectivity index (χ4v) is 1.89. The van der Waals surface area contributed by atoms with Crippen molar-refractivity contribution in [3.05, 3.63) is 53.6 Å². The smallest absolute Gasteiger partial charge is 0.123 e. The van der Waals surface area contributed by atoms with Crippen LogP contribution in [0, 0.1) is 5.82 Å². The van der Waals surface area contributed by atoms with Gasteiger partial charge in [-0.05, 0) is 36.7 Å². The molecule has 1 unspecified atom stereocenters. The van der Waals surface area contributed by atoms with E-state index in [1.807, 2.05) is 38.6 Å². The number of aryl methyl sites for hydroxylation is 1. The van der Waals surface area contributed by atoms with E-state index in [0.29, 0.717) is 0 Å². The van der Waals surface area contributed by atoms with Crippen molar-refractivity contribution in [2.24, 2.45) is 7.05 Å². The minimum Gasteiger partial charge on any atom is -0.313 e. The summed E-state index contributed by atoms with van der Waals surface area (Å²) in [7, 11) is 3.81. The molecule has 0 aliphatic rings. The first kappa shape index (κ1) is 11.8. The van der Waals surface area contributed by atoms with Crippen LogP contribution in [0.4, 0.5) is 4.39 Å². The van der Waals surface area contributed by atoms with Crippen molar-refractivity contribution in [2.75, 3.05) is 7.05 Å². The standard InChI is InChI=1S/C13H16FN3/c1-15-13(7-10-8-16-17(2)9-10)11-3-5-12(14)6-4-11/h3-6,8-9,13,15H,7H2,1-2H3. The van der Waals surface area contributed by atoms with Crippen molar-refractivity contribution in [1.29, 1.82) is 0 Å². The van der Waals surface area contributed by atoms with E-state index >= 15 is 0 Å². The van der Waals surface area contributed by atoms with Crippen molar-refractivity contribution >= 4 is 0 Å². The van der Waals surface area contributed by atoms with Gasteiger partial charge in [0, 0.05) is 19.3 Å². The maximum Gasteiger partial charge on any atom is 0.123 e. The predicted molar refractivity (Wildman–Crippen MR) is 65.1 cm³/mol. The van der Waals surface area contributed by atoms with Crippen LogP contribution < -0.4 is 5.32 Å². The topological polar surface area (TPSA) is 29.9 Å². The highest BCUT2D eigenvalue weighted by Crippen LogP contribution is 2.18. The van der Waals surface area contributed by atoms with Crippen LogP contribution in [0.3, 0.4) is 0 Å². The van der Waals surface area contributed by atoms with Gasteiger partial charge in [-0.25, -0.2) is 4.39 Å². The molecule has 1 atom stereocenters. The number of rotatable bonds is 4. The number of likely N-dealkylation sites (N-methyl/N-ethyl adjacent to an activating group) is 1. The van der Waals surface area contributed by atoms with E-state index in [0.717, 1.165) is 17.5 Å². The van der Waals surface area contributed by atoms with Gasteiger partial charge >= 0.3 is 0 Å². The average molecular weight is 233 g/mol. The zero-order valence-corrected chi connectivity index (χ0v) is 10.0. The first-order chi connectivity index (χ1) is 8.19. The molecule has 0 fully saturated rings. The molecule has 2 rings (SSSR count). The van der Waals surface area contributed by atoms with Crippen molar-refractivity contribution in [1.82, 2.24) is 15.1 Å². The first-order valence-electron chi connectivity index (χ1n) is 5.59. The molecule has 0 saturated heterocycles. The zero-order chi connectivity index (χ0) is 12.3. The molecule has 17 heavy (non-hydrogen) atoms. The molecule has 3 nitrogen and oxygen atoms in total. The maximum atomic E-state index is 12.9. The molecule has 0 amide bonds. The van der Waals surface area contributed by atoms with Gasteiger partial charge in [0.25, 0.3) is 0 Å². The van der Waals surface area contributed by atoms with Crippen molar-refractivity contribution in [3.8, 4) is 0 Å². The summed E-state index contributed by atoms with van der Waals surface area (Å²) in [5.74, 6) is -0.204. The van der Waals surface area contributed by atoms with E-state index in [9.17, 15) is 4.39 Å². The second kappa shape index (κ2) is 5.10. The summed E-state index contributed by atoms with van der Waals surface area (Å²) < 4.78 is 14.6. The summed E-state index contributed by atoms with van der Waals surface area (Å²) >= 11 is 0. The minimum absolute atomic E-state index is 0.180. The van der Waals surface area contributed by atoms with Gasteiger partial charge in [0.2, 0.25) is 0 Å². The summed E-state index contributed by atoms with van der Waals surface area (Å²) in [4.78, 5) is 0. The molecule has 90 valence electrons. The average Bonchev–Trinajstić information content (AvgIpc) is 2.73. The summed E-state index contributed by atoms with van der Waals surface area (Å²) in [6, 6.07) is 6.78. The molecule has 1 aromatic carbocycles. The largest absolute Gasteiger partial charge is 0.313 e. The van der Waals surface area contributed by atoms with Gasteiger partial charge in [-0.15, -0.1) is 0 Å². The summed E-state index contributed by atoms with van der Waals surface area (Å²) in [5, 5.41) is 7.38. The summed E-state index contributed by atoms with van der Waals surface area (Å²) in [6.45, 7) is 0. The Morgan fingerprint density at radius 2 is 2.06 bits per heavy atom. The molecule has 0 aliphatic heterocycles. The van der Waals surface area contributed by atoms with E-state index in [-0.39, 0.29) is 11.9 Å². The van der Waals surface area contributed by atoms with Crippen LogP contribution in [0.25, 0.3) is 0 Å². The minimum atomic E-state index is -0.204. The summed E-state index contributed by atoms with van der Waals surface area (Å²) in [5.41, 5.74) is 2.24. The number of hydrogen-bond acceptors (Lipinski definition) is 2. The van der Waals surface area contributed by atoms with Crippen LogP contribution in [-0.4, -0.2) is 16.8 Å². The molecule has 0 aliphatic carbocycles. The molecule has 1 heterocycles. The molecular formula is C13H16FN3. The predicted octanol–water partition coefficient (Wildman–Crippen LogP) is 2.06. The molecule has 0 bridgehead atoms. The highest BCUT2D eigenvalue weighted by Gasteiger charge is 2.11. The third kappa shape index (κ3) is 2.91. The highest BCUT2D eigenvalue weighted by molar-refractivity contribution is 5.22. The van der Waals surface area contributed by atoms with E-state index in [1.165, 1.54) is 12.1 Å². The number of halogens is 1. The lowest BCUT2D eigenvalue weighted by molar-refractivity contribution is 0.585. The van der Waals surface area contributed by atoms with Gasteiger partial charge < -0.3 is 5.32 Å². The third-order valence-corrected chi connectivity index (χ3v) is 2.82. The zero-order valence-electron chi connectivity index (χ0n) is 10.0. The lowest BCUT2D eigenvalue weighted by Crippen LogP contribution is -2.18. The first-order valence-corrected chi connectivity index (χ1v) is 5.59. The third-order valence-electron chi connectivity index (χ3n) is 2.82. The maximum absolute atomic E-state index is 12.9. The normalized spacial score (nSPS) is 12.6. The second-order valence-corrected chi connectivity index (χ2v) is 4.12. The molecule has 1 aromatic heterocycles. The Balaban J connectivity index is 2.13. The van der Waals surface area contributed by atoms with Gasteiger partial charge in [-0.3, -0.25) is 4.68 Å². The Morgan fingerprint density at radius 1 is 1.35 bits per heavy atom. The number of nitrogens with zero attached hydrogens (tertiary/aromatic N) is 2. The highest BCUT2D eigenvalue weighted by atomic mass is 19.1. The fourth-order valence-electron chi connectivity index (χ4n) is 1.89. The number of nitrogens with one attached hydrogen (secondary N) is 1. The molecule has 1 N–H and O–H groups in total. The van der Waals surface area contributed by atoms with Gasteiger partial charge in [0.1, 0.15) is 5.82 Å². The quantitative estimate of drug-likeness (QED) is 0.876. The van der Waals surface area contributed by atoms with E-state index in [1.54, 1.807) is 4.68 Å². The molecule has 0 spiro atoms. The van der Waals surface area contributed by atoms with Crippen LogP contribution in [0.1, 0.15) is 17.2 Å². The Kier molecular flexibility index (Phi) is 3.54. The van der Waals surface area contributed by atoms with Crippen LogP contribution in [-0.2, 0) is 13.5 Å². The lowest BCUT2D eigenvalue weighted by Gasteiger charge is -2.15. The number of hydrogen-bond donors (Lipinski definition) is 1. The monoisotopic (exact) mass is 233 g/mol. The molecule has 4 heteroatoms.